The Labute approximate surface area is 118 Å². The Kier molecular flexibility index (Phi) is 13.1. The van der Waals surface area contributed by atoms with Crippen molar-refractivity contribution in [1.82, 2.24) is 0 Å². The highest BCUT2D eigenvalue weighted by Gasteiger charge is 2.28. The zero-order chi connectivity index (χ0) is 15.3. The van der Waals surface area contributed by atoms with Gasteiger partial charge in [0, 0.05) is 0 Å². The second-order valence-corrected chi connectivity index (χ2v) is 4.58. The number of piperidine rings is 1. The molecule has 4 heteroatoms. The lowest BCUT2D eigenvalue weighted by molar-refractivity contribution is -0.906. The van der Waals surface area contributed by atoms with E-state index in [0.29, 0.717) is 6.54 Å². The molecule has 1 fully saturated rings. The number of likely N-dealkylation sites (N-methyl/N-ethyl adjacent to an activating group) is 1. The molecule has 0 radical (unpaired) electrons. The lowest BCUT2D eigenvalue weighted by Crippen LogP contribution is -2.51. The normalized spacial score (nSPS) is 16.1. The fraction of sp³-hybridized carbons (Fsp3) is 0.867. The number of carbonyl (C=O) groups excluding carboxylic acids is 2. The van der Waals surface area contributed by atoms with Crippen LogP contribution in [0, 0.1) is 0 Å². The Balaban J connectivity index is 0. The van der Waals surface area contributed by atoms with Gasteiger partial charge in [-0.3, -0.25) is 9.59 Å². The molecule has 0 atom stereocenters. The first-order valence-corrected chi connectivity index (χ1v) is 7.48. The highest BCUT2D eigenvalue weighted by molar-refractivity contribution is 5.96. The quantitative estimate of drug-likeness (QED) is 0.450. The van der Waals surface area contributed by atoms with Gasteiger partial charge in [-0.15, -0.1) is 0 Å². The van der Waals surface area contributed by atoms with Crippen LogP contribution >= 0.6 is 0 Å². The van der Waals surface area contributed by atoms with Crippen LogP contribution in [0.15, 0.2) is 0 Å². The van der Waals surface area contributed by atoms with Crippen molar-refractivity contribution in [2.75, 3.05) is 33.8 Å². The van der Waals surface area contributed by atoms with Gasteiger partial charge in [-0.25, -0.2) is 0 Å². The minimum atomic E-state index is -0.427. The maximum absolute atomic E-state index is 11.6. The molecular formula is C15H32NO3+. The Morgan fingerprint density at radius 2 is 1.47 bits per heavy atom. The Hall–Kier alpha value is -0.900. The van der Waals surface area contributed by atoms with Crippen LogP contribution in [-0.2, 0) is 14.3 Å². The summed E-state index contributed by atoms with van der Waals surface area (Å²) in [5, 5.41) is 0. The molecule has 4 nitrogen and oxygen atoms in total. The number of likely N-dealkylation sites (tertiary alicyclic amines) is 1. The molecule has 1 saturated heterocycles. The van der Waals surface area contributed by atoms with Crippen LogP contribution in [0.25, 0.3) is 0 Å². The molecule has 0 aromatic heterocycles. The Bertz CT molecular complexity index is 246. The summed E-state index contributed by atoms with van der Waals surface area (Å²) >= 11 is 0. The molecule has 1 aliphatic rings. The number of methoxy groups -OCH3 is 1. The number of ether oxygens (including phenoxy) is 1. The van der Waals surface area contributed by atoms with E-state index in [1.54, 1.807) is 0 Å². The van der Waals surface area contributed by atoms with Gasteiger partial charge in [0.25, 0.3) is 0 Å². The minimum Gasteiger partial charge on any atom is -0.469 e. The fourth-order valence-electron chi connectivity index (χ4n) is 2.15. The molecule has 0 N–H and O–H groups in total. The number of hydrogen-bond donors (Lipinski definition) is 0. The van der Waals surface area contributed by atoms with E-state index in [2.05, 4.69) is 11.8 Å². The van der Waals surface area contributed by atoms with E-state index in [0.717, 1.165) is 17.6 Å². The third-order valence-corrected chi connectivity index (χ3v) is 3.02. The number of quaternary nitrogens is 1. The van der Waals surface area contributed by atoms with E-state index >= 15 is 0 Å². The number of nitrogens with zero attached hydrogens (tertiary/aromatic N) is 1. The summed E-state index contributed by atoms with van der Waals surface area (Å²) in [4.78, 5) is 22.5. The van der Waals surface area contributed by atoms with E-state index in [-0.39, 0.29) is 12.2 Å². The molecule has 19 heavy (non-hydrogen) atoms. The first kappa shape index (κ1) is 20.4. The average molecular weight is 274 g/mol. The molecule has 0 aromatic carbocycles. The van der Waals surface area contributed by atoms with Crippen LogP contribution in [0.3, 0.4) is 0 Å². The van der Waals surface area contributed by atoms with Crippen LogP contribution in [0.2, 0.25) is 0 Å². The number of rotatable bonds is 4. The topological polar surface area (TPSA) is 43.4 Å². The van der Waals surface area contributed by atoms with Crippen LogP contribution in [0.4, 0.5) is 0 Å². The molecular weight excluding hydrogens is 242 g/mol. The maximum Gasteiger partial charge on any atom is 0.313 e. The zero-order valence-corrected chi connectivity index (χ0v) is 13.6. The molecule has 0 spiro atoms. The molecule has 0 saturated carbocycles. The summed E-state index contributed by atoms with van der Waals surface area (Å²) < 4.78 is 5.26. The first-order valence-electron chi connectivity index (χ1n) is 7.48. The Morgan fingerprint density at radius 3 is 1.89 bits per heavy atom. The Morgan fingerprint density at radius 1 is 1.00 bits per heavy atom. The number of esters is 1. The summed E-state index contributed by atoms with van der Waals surface area (Å²) in [7, 11) is 3.40. The van der Waals surface area contributed by atoms with Crippen molar-refractivity contribution in [3.05, 3.63) is 0 Å². The summed E-state index contributed by atoms with van der Waals surface area (Å²) in [6, 6.07) is 0. The van der Waals surface area contributed by atoms with Crippen LogP contribution in [0.5, 0.6) is 0 Å². The van der Waals surface area contributed by atoms with Crippen LogP contribution in [-0.4, -0.2) is 50.0 Å². The summed E-state index contributed by atoms with van der Waals surface area (Å²) in [6.45, 7) is 10.6. The SMILES string of the molecule is CC.CC.COC(=O)CC(=O)C[N+]1(C)CCCCC1. The van der Waals surface area contributed by atoms with Crippen molar-refractivity contribution in [2.24, 2.45) is 0 Å². The predicted octanol–water partition coefficient (Wildman–Crippen LogP) is 2.80. The van der Waals surface area contributed by atoms with E-state index in [9.17, 15) is 9.59 Å². The fourth-order valence-corrected chi connectivity index (χ4v) is 2.15. The highest BCUT2D eigenvalue weighted by atomic mass is 16.5. The van der Waals surface area contributed by atoms with Crippen LogP contribution in [0.1, 0.15) is 53.4 Å². The van der Waals surface area contributed by atoms with Gasteiger partial charge in [-0.2, -0.15) is 0 Å². The third-order valence-electron chi connectivity index (χ3n) is 3.02. The predicted molar refractivity (Wildman–Crippen MR) is 79.0 cm³/mol. The molecule has 0 unspecified atom stereocenters. The van der Waals surface area contributed by atoms with E-state index in [1.807, 2.05) is 27.7 Å². The molecule has 0 bridgehead atoms. The summed E-state index contributed by atoms with van der Waals surface area (Å²) in [6.07, 6.45) is 3.55. The molecule has 1 heterocycles. The van der Waals surface area contributed by atoms with Crippen molar-refractivity contribution >= 4 is 11.8 Å². The van der Waals surface area contributed by atoms with Gasteiger partial charge < -0.3 is 9.22 Å². The number of carbonyl (C=O) groups is 2. The monoisotopic (exact) mass is 274 g/mol. The molecule has 0 aromatic rings. The van der Waals surface area contributed by atoms with Gasteiger partial charge in [-0.05, 0) is 19.3 Å². The van der Waals surface area contributed by atoms with E-state index in [4.69, 9.17) is 0 Å². The number of ketones is 1. The third kappa shape index (κ3) is 9.65. The van der Waals surface area contributed by atoms with Gasteiger partial charge in [0.2, 0.25) is 0 Å². The number of Topliss-reactive ketones (excluding diaryl/α,β-unsaturated/α-hetero) is 1. The van der Waals surface area contributed by atoms with Crippen molar-refractivity contribution in [1.29, 1.82) is 0 Å². The molecule has 114 valence electrons. The van der Waals surface area contributed by atoms with Crippen molar-refractivity contribution in [3.8, 4) is 0 Å². The van der Waals surface area contributed by atoms with Crippen LogP contribution < -0.4 is 0 Å². The molecule has 1 aliphatic heterocycles. The van der Waals surface area contributed by atoms with Gasteiger partial charge in [0.1, 0.15) is 13.0 Å². The van der Waals surface area contributed by atoms with Gasteiger partial charge in [0.15, 0.2) is 5.78 Å². The van der Waals surface area contributed by atoms with Gasteiger partial charge in [-0.1, -0.05) is 27.7 Å². The average Bonchev–Trinajstić information content (AvgIpc) is 2.43. The second-order valence-electron chi connectivity index (χ2n) is 4.58. The summed E-state index contributed by atoms with van der Waals surface area (Å²) in [5.41, 5.74) is 0. The molecule has 0 aliphatic carbocycles. The number of hydrogen-bond acceptors (Lipinski definition) is 3. The van der Waals surface area contributed by atoms with E-state index < -0.39 is 5.97 Å². The van der Waals surface area contributed by atoms with Crippen molar-refractivity contribution < 1.29 is 18.8 Å². The standard InChI is InChI=1S/C11H20NO3.2C2H6/c1-12(6-4-3-5-7-12)9-10(13)8-11(14)15-2;2*1-2/h3-9H2,1-2H3;2*1-2H3/q+1;;. The lowest BCUT2D eigenvalue weighted by atomic mass is 10.1. The second kappa shape index (κ2) is 12.2. The largest absolute Gasteiger partial charge is 0.469 e. The van der Waals surface area contributed by atoms with E-state index in [1.165, 1.54) is 26.4 Å². The minimum absolute atomic E-state index is 0.00810. The van der Waals surface area contributed by atoms with Gasteiger partial charge in [0.05, 0.1) is 27.2 Å². The smallest absolute Gasteiger partial charge is 0.313 e. The maximum atomic E-state index is 11.6. The van der Waals surface area contributed by atoms with Gasteiger partial charge >= 0.3 is 5.97 Å². The molecule has 1 rings (SSSR count). The lowest BCUT2D eigenvalue weighted by Gasteiger charge is -2.37. The van der Waals surface area contributed by atoms with Crippen molar-refractivity contribution in [3.63, 3.8) is 0 Å². The zero-order valence-electron chi connectivity index (χ0n) is 13.6. The van der Waals surface area contributed by atoms with Crippen molar-refractivity contribution in [2.45, 2.75) is 53.4 Å². The summed E-state index contributed by atoms with van der Waals surface area (Å²) in [5.74, 6) is -0.435. The molecule has 0 amide bonds. The first-order chi connectivity index (χ1) is 9.06. The highest BCUT2D eigenvalue weighted by Crippen LogP contribution is 2.16.